The topological polar surface area (TPSA) is 79.3 Å². The number of aliphatic hydroxyl groups is 1. The summed E-state index contributed by atoms with van der Waals surface area (Å²) in [6, 6.07) is 2.86. The molecule has 0 saturated carbocycles. The van der Waals surface area contributed by atoms with Gasteiger partial charge in [0.25, 0.3) is 0 Å². The van der Waals surface area contributed by atoms with Gasteiger partial charge in [-0.05, 0) is 36.8 Å². The summed E-state index contributed by atoms with van der Waals surface area (Å²) in [6.45, 7) is 4.51. The first-order chi connectivity index (χ1) is 9.35. The molecule has 1 unspecified atom stereocenters. The Morgan fingerprint density at radius 2 is 2.10 bits per heavy atom. The van der Waals surface area contributed by atoms with Crippen molar-refractivity contribution < 1.29 is 13.5 Å². The van der Waals surface area contributed by atoms with Gasteiger partial charge in [-0.3, -0.25) is 0 Å². The first-order valence-electron chi connectivity index (χ1n) is 6.57. The van der Waals surface area contributed by atoms with Gasteiger partial charge in [0, 0.05) is 19.3 Å². The monoisotopic (exact) mass is 320 g/mol. The molecule has 0 aliphatic rings. The Morgan fingerprint density at radius 3 is 2.60 bits per heavy atom. The Bertz CT molecular complexity index is 503. The molecule has 2 N–H and O–H groups in total. The average Bonchev–Trinajstić information content (AvgIpc) is 2.36. The number of aliphatic hydroxyl groups excluding tert-OH is 1. The molecule has 5 nitrogen and oxygen atoms in total. The van der Waals surface area contributed by atoms with Crippen LogP contribution in [0.3, 0.4) is 0 Å². The second-order valence-electron chi connectivity index (χ2n) is 5.18. The van der Waals surface area contributed by atoms with E-state index in [-0.39, 0.29) is 22.6 Å². The molecule has 7 heteroatoms. The molecule has 1 heterocycles. The molecule has 0 bridgehead atoms. The van der Waals surface area contributed by atoms with Gasteiger partial charge in [0.05, 0.1) is 0 Å². The third-order valence-electron chi connectivity index (χ3n) is 2.91. The van der Waals surface area contributed by atoms with Crippen molar-refractivity contribution in [1.29, 1.82) is 0 Å². The molecule has 0 spiro atoms. The Morgan fingerprint density at radius 1 is 1.40 bits per heavy atom. The maximum absolute atomic E-state index is 12.1. The van der Waals surface area contributed by atoms with E-state index in [1.807, 2.05) is 0 Å². The summed E-state index contributed by atoms with van der Waals surface area (Å²) >= 11 is 5.63. The number of nitrogens with one attached hydrogen (secondary N) is 1. The van der Waals surface area contributed by atoms with Crippen molar-refractivity contribution >= 4 is 21.6 Å². The zero-order valence-corrected chi connectivity index (χ0v) is 13.3. The van der Waals surface area contributed by atoms with E-state index in [0.29, 0.717) is 18.9 Å². The van der Waals surface area contributed by atoms with Gasteiger partial charge in [0.15, 0.2) is 0 Å². The number of halogens is 1. The van der Waals surface area contributed by atoms with Crippen LogP contribution in [-0.2, 0) is 10.0 Å². The summed E-state index contributed by atoms with van der Waals surface area (Å²) in [5.74, 6) is 0.572. The van der Waals surface area contributed by atoms with Gasteiger partial charge in [-0.15, -0.1) is 0 Å². The van der Waals surface area contributed by atoms with Crippen LogP contribution in [0.15, 0.2) is 23.2 Å². The van der Waals surface area contributed by atoms with Crippen molar-refractivity contribution in [2.45, 2.75) is 31.6 Å². The van der Waals surface area contributed by atoms with Crippen LogP contribution in [0.4, 0.5) is 0 Å². The van der Waals surface area contributed by atoms with E-state index < -0.39 is 10.0 Å². The number of hydrogen-bond acceptors (Lipinski definition) is 4. The number of pyridine rings is 1. The lowest BCUT2D eigenvalue weighted by molar-refractivity contribution is 0.243. The minimum Gasteiger partial charge on any atom is -0.396 e. The van der Waals surface area contributed by atoms with E-state index in [0.717, 1.165) is 6.42 Å². The predicted octanol–water partition coefficient (Wildman–Crippen LogP) is 2.06. The van der Waals surface area contributed by atoms with Crippen LogP contribution in [0.5, 0.6) is 0 Å². The van der Waals surface area contributed by atoms with Crippen molar-refractivity contribution in [3.63, 3.8) is 0 Å². The zero-order valence-electron chi connectivity index (χ0n) is 11.7. The molecule has 0 saturated heterocycles. The molecule has 1 atom stereocenters. The van der Waals surface area contributed by atoms with E-state index >= 15 is 0 Å². The van der Waals surface area contributed by atoms with Gasteiger partial charge < -0.3 is 5.11 Å². The van der Waals surface area contributed by atoms with Crippen molar-refractivity contribution in [2.75, 3.05) is 13.2 Å². The fourth-order valence-electron chi connectivity index (χ4n) is 1.98. The zero-order chi connectivity index (χ0) is 15.2. The SMILES string of the molecule is CC(C)CC(CCO)CNS(=O)(=O)c1ccc(Cl)nc1. The van der Waals surface area contributed by atoms with Crippen LogP contribution in [0.1, 0.15) is 26.7 Å². The first kappa shape index (κ1) is 17.4. The van der Waals surface area contributed by atoms with E-state index in [2.05, 4.69) is 23.6 Å². The van der Waals surface area contributed by atoms with E-state index in [1.54, 1.807) is 0 Å². The third kappa shape index (κ3) is 5.75. The minimum atomic E-state index is -3.58. The van der Waals surface area contributed by atoms with E-state index in [4.69, 9.17) is 16.7 Å². The Balaban J connectivity index is 2.67. The van der Waals surface area contributed by atoms with Crippen molar-refractivity contribution in [3.05, 3.63) is 23.5 Å². The number of sulfonamides is 1. The maximum Gasteiger partial charge on any atom is 0.242 e. The highest BCUT2D eigenvalue weighted by atomic mass is 35.5. The number of hydrogen-bond donors (Lipinski definition) is 2. The first-order valence-corrected chi connectivity index (χ1v) is 8.43. The summed E-state index contributed by atoms with van der Waals surface area (Å²) in [5, 5.41) is 9.28. The quantitative estimate of drug-likeness (QED) is 0.719. The second kappa shape index (κ2) is 7.93. The van der Waals surface area contributed by atoms with Gasteiger partial charge >= 0.3 is 0 Å². The molecule has 1 aromatic rings. The van der Waals surface area contributed by atoms with Gasteiger partial charge in [0.1, 0.15) is 10.0 Å². The molecule has 114 valence electrons. The summed E-state index contributed by atoms with van der Waals surface area (Å²) in [6.07, 6.45) is 2.68. The summed E-state index contributed by atoms with van der Waals surface area (Å²) in [4.78, 5) is 3.86. The highest BCUT2D eigenvalue weighted by molar-refractivity contribution is 7.89. The lowest BCUT2D eigenvalue weighted by Crippen LogP contribution is -2.30. The van der Waals surface area contributed by atoms with Crippen LogP contribution in [0.25, 0.3) is 0 Å². The molecular weight excluding hydrogens is 300 g/mol. The van der Waals surface area contributed by atoms with Crippen molar-refractivity contribution in [2.24, 2.45) is 11.8 Å². The van der Waals surface area contributed by atoms with Gasteiger partial charge in [-0.25, -0.2) is 18.1 Å². The molecule has 1 aromatic heterocycles. The largest absolute Gasteiger partial charge is 0.396 e. The molecule has 0 aliphatic heterocycles. The summed E-state index contributed by atoms with van der Waals surface area (Å²) < 4.78 is 26.7. The molecular formula is C13H21ClN2O3S. The van der Waals surface area contributed by atoms with Crippen LogP contribution in [-0.4, -0.2) is 31.7 Å². The second-order valence-corrected chi connectivity index (χ2v) is 7.33. The highest BCUT2D eigenvalue weighted by Gasteiger charge is 2.18. The summed E-state index contributed by atoms with van der Waals surface area (Å²) in [5.41, 5.74) is 0. The molecule has 0 radical (unpaired) electrons. The fourth-order valence-corrected chi connectivity index (χ4v) is 3.16. The molecule has 0 fully saturated rings. The van der Waals surface area contributed by atoms with Gasteiger partial charge in [-0.2, -0.15) is 0 Å². The summed E-state index contributed by atoms with van der Waals surface area (Å²) in [7, 11) is -3.58. The predicted molar refractivity (Wildman–Crippen MR) is 79.1 cm³/mol. The third-order valence-corrected chi connectivity index (χ3v) is 4.55. The van der Waals surface area contributed by atoms with Crippen LogP contribution in [0, 0.1) is 11.8 Å². The molecule has 0 aromatic carbocycles. The van der Waals surface area contributed by atoms with Crippen molar-refractivity contribution in [3.8, 4) is 0 Å². The Kier molecular flexibility index (Phi) is 6.88. The molecule has 20 heavy (non-hydrogen) atoms. The fraction of sp³-hybridized carbons (Fsp3) is 0.615. The number of nitrogens with zero attached hydrogens (tertiary/aromatic N) is 1. The van der Waals surface area contributed by atoms with Crippen molar-refractivity contribution in [1.82, 2.24) is 9.71 Å². The molecule has 0 amide bonds. The van der Waals surface area contributed by atoms with Crippen LogP contribution >= 0.6 is 11.6 Å². The smallest absolute Gasteiger partial charge is 0.242 e. The molecule has 0 aliphatic carbocycles. The van der Waals surface area contributed by atoms with Crippen LogP contribution in [0.2, 0.25) is 5.15 Å². The lowest BCUT2D eigenvalue weighted by Gasteiger charge is -2.18. The lowest BCUT2D eigenvalue weighted by atomic mass is 9.95. The number of aromatic nitrogens is 1. The average molecular weight is 321 g/mol. The van der Waals surface area contributed by atoms with Gasteiger partial charge in [0.2, 0.25) is 10.0 Å². The van der Waals surface area contributed by atoms with E-state index in [9.17, 15) is 8.42 Å². The Labute approximate surface area is 125 Å². The normalized spacial score (nSPS) is 13.7. The van der Waals surface area contributed by atoms with E-state index in [1.165, 1.54) is 18.3 Å². The highest BCUT2D eigenvalue weighted by Crippen LogP contribution is 2.16. The Hall–Kier alpha value is -0.690. The number of rotatable bonds is 8. The maximum atomic E-state index is 12.1. The minimum absolute atomic E-state index is 0.0572. The van der Waals surface area contributed by atoms with Gasteiger partial charge in [-0.1, -0.05) is 25.4 Å². The molecule has 1 rings (SSSR count). The van der Waals surface area contributed by atoms with Crippen LogP contribution < -0.4 is 4.72 Å². The standard InChI is InChI=1S/C13H21ClN2O3S/c1-10(2)7-11(5-6-17)8-16-20(18,19)12-3-4-13(14)15-9-12/h3-4,9-11,16-17H,5-8H2,1-2H3.